The van der Waals surface area contributed by atoms with Gasteiger partial charge in [0.25, 0.3) is 5.91 Å². The number of carbonyl (C=O) groups is 4. The lowest BCUT2D eigenvalue weighted by molar-refractivity contribution is -0.117. The first kappa shape index (κ1) is 21.5. The molecule has 3 rings (SSSR count). The number of amides is 2. The summed E-state index contributed by atoms with van der Waals surface area (Å²) in [5.74, 6) is -1.94. The van der Waals surface area contributed by atoms with Crippen LogP contribution in [-0.2, 0) is 14.3 Å². The first-order valence-electron chi connectivity index (χ1n) is 9.47. The number of anilines is 2. The van der Waals surface area contributed by atoms with Gasteiger partial charge >= 0.3 is 11.9 Å². The van der Waals surface area contributed by atoms with Crippen LogP contribution >= 0.6 is 11.3 Å². The molecular weight excluding hydrogens is 408 g/mol. The minimum atomic E-state index is -0.605. The summed E-state index contributed by atoms with van der Waals surface area (Å²) >= 11 is 1.00. The Labute approximate surface area is 177 Å². The summed E-state index contributed by atoms with van der Waals surface area (Å²) in [5, 5.41) is 5.73. The first-order chi connectivity index (χ1) is 14.4. The number of benzene rings is 1. The number of hydrogen-bond acceptors (Lipinski definition) is 7. The summed E-state index contributed by atoms with van der Waals surface area (Å²) in [7, 11) is 1.25. The van der Waals surface area contributed by atoms with Gasteiger partial charge in [-0.3, -0.25) is 9.59 Å². The monoisotopic (exact) mass is 430 g/mol. The van der Waals surface area contributed by atoms with Gasteiger partial charge in [-0.1, -0.05) is 12.1 Å². The van der Waals surface area contributed by atoms with Crippen molar-refractivity contribution < 1.29 is 28.7 Å². The van der Waals surface area contributed by atoms with Crippen LogP contribution in [0, 0.1) is 12.8 Å². The number of thiophene rings is 1. The molecule has 158 valence electrons. The fraction of sp³-hybridized carbons (Fsp3) is 0.333. The first-order valence-corrected chi connectivity index (χ1v) is 10.3. The third kappa shape index (κ3) is 4.51. The van der Waals surface area contributed by atoms with Crippen molar-refractivity contribution in [3.05, 3.63) is 45.8 Å². The van der Waals surface area contributed by atoms with Crippen molar-refractivity contribution in [2.24, 2.45) is 5.92 Å². The highest BCUT2D eigenvalue weighted by Crippen LogP contribution is 2.37. The van der Waals surface area contributed by atoms with E-state index < -0.39 is 17.8 Å². The lowest BCUT2D eigenvalue weighted by Gasteiger charge is -2.09. The molecule has 1 aromatic heterocycles. The van der Waals surface area contributed by atoms with Crippen molar-refractivity contribution in [2.45, 2.75) is 26.7 Å². The van der Waals surface area contributed by atoms with E-state index in [1.165, 1.54) is 13.2 Å². The number of esters is 2. The van der Waals surface area contributed by atoms with Gasteiger partial charge in [0.15, 0.2) is 0 Å². The zero-order valence-corrected chi connectivity index (χ0v) is 17.7. The number of rotatable bonds is 7. The Kier molecular flexibility index (Phi) is 6.51. The second kappa shape index (κ2) is 9.08. The van der Waals surface area contributed by atoms with Crippen LogP contribution in [0.2, 0.25) is 0 Å². The van der Waals surface area contributed by atoms with E-state index in [1.54, 1.807) is 32.0 Å². The topological polar surface area (TPSA) is 111 Å². The van der Waals surface area contributed by atoms with E-state index in [9.17, 15) is 19.2 Å². The Hall–Kier alpha value is -3.20. The third-order valence-corrected chi connectivity index (χ3v) is 5.80. The number of carbonyl (C=O) groups excluding carboxylic acids is 4. The van der Waals surface area contributed by atoms with Crippen LogP contribution in [0.5, 0.6) is 0 Å². The Balaban J connectivity index is 1.93. The SMILES string of the molecule is CCOC(=O)c1c(NC(=O)C2CC2)sc(C(=O)Nc2ccccc2C(=O)OC)c1C. The molecule has 30 heavy (non-hydrogen) atoms. The zero-order chi connectivity index (χ0) is 21.8. The van der Waals surface area contributed by atoms with Crippen molar-refractivity contribution in [3.63, 3.8) is 0 Å². The molecule has 8 nitrogen and oxygen atoms in total. The van der Waals surface area contributed by atoms with Gasteiger partial charge in [0.1, 0.15) is 5.00 Å². The maximum absolute atomic E-state index is 13.0. The molecule has 1 fully saturated rings. The van der Waals surface area contributed by atoms with E-state index in [4.69, 9.17) is 9.47 Å². The quantitative estimate of drug-likeness (QED) is 0.649. The predicted octanol–water partition coefficient (Wildman–Crippen LogP) is 3.62. The molecule has 0 saturated heterocycles. The fourth-order valence-corrected chi connectivity index (χ4v) is 3.98. The van der Waals surface area contributed by atoms with Crippen LogP contribution < -0.4 is 10.6 Å². The molecule has 0 bridgehead atoms. The molecule has 2 aromatic rings. The number of ether oxygens (including phenoxy) is 2. The number of para-hydroxylation sites is 1. The molecule has 2 N–H and O–H groups in total. The van der Waals surface area contributed by atoms with Crippen molar-refractivity contribution in [2.75, 3.05) is 24.4 Å². The second-order valence-corrected chi connectivity index (χ2v) is 7.76. The maximum Gasteiger partial charge on any atom is 0.341 e. The Bertz CT molecular complexity index is 1010. The van der Waals surface area contributed by atoms with E-state index in [0.717, 1.165) is 24.2 Å². The predicted molar refractivity (Wildman–Crippen MR) is 112 cm³/mol. The molecule has 0 atom stereocenters. The Morgan fingerprint density at radius 1 is 1.10 bits per heavy atom. The molecule has 1 heterocycles. The molecular formula is C21H22N2O6S. The lowest BCUT2D eigenvalue weighted by Crippen LogP contribution is -2.16. The maximum atomic E-state index is 13.0. The number of hydrogen-bond donors (Lipinski definition) is 2. The molecule has 0 spiro atoms. The highest BCUT2D eigenvalue weighted by Gasteiger charge is 2.33. The summed E-state index contributed by atoms with van der Waals surface area (Å²) in [4.78, 5) is 49.9. The summed E-state index contributed by atoms with van der Waals surface area (Å²) in [5.41, 5.74) is 1.05. The molecule has 1 saturated carbocycles. The van der Waals surface area contributed by atoms with Crippen LogP contribution in [0.15, 0.2) is 24.3 Å². The van der Waals surface area contributed by atoms with Gasteiger partial charge in [-0.05, 0) is 44.4 Å². The Morgan fingerprint density at radius 3 is 2.43 bits per heavy atom. The number of methoxy groups -OCH3 is 1. The summed E-state index contributed by atoms with van der Waals surface area (Å²) in [6.45, 7) is 3.47. The van der Waals surface area contributed by atoms with Crippen LogP contribution in [-0.4, -0.2) is 37.5 Å². The zero-order valence-electron chi connectivity index (χ0n) is 16.9. The van der Waals surface area contributed by atoms with Gasteiger partial charge in [-0.2, -0.15) is 0 Å². The van der Waals surface area contributed by atoms with Gasteiger partial charge in [-0.15, -0.1) is 11.3 Å². The van der Waals surface area contributed by atoms with Crippen LogP contribution in [0.4, 0.5) is 10.7 Å². The minimum absolute atomic E-state index is 0.0633. The van der Waals surface area contributed by atoms with Gasteiger partial charge in [-0.25, -0.2) is 9.59 Å². The summed E-state index contributed by atoms with van der Waals surface area (Å²) in [6, 6.07) is 6.44. The molecule has 0 unspecified atom stereocenters. The van der Waals surface area contributed by atoms with Gasteiger partial charge < -0.3 is 20.1 Å². The van der Waals surface area contributed by atoms with E-state index in [-0.39, 0.29) is 45.1 Å². The minimum Gasteiger partial charge on any atom is -0.465 e. The molecule has 0 radical (unpaired) electrons. The standard InChI is InChI=1S/C21H22N2O6S/c1-4-29-21(27)15-11(2)16(30-19(15)23-17(24)12-9-10-12)18(25)22-14-8-6-5-7-13(14)20(26)28-3/h5-8,12H,4,9-10H2,1-3H3,(H,22,25)(H,23,24). The average molecular weight is 430 g/mol. The third-order valence-electron chi connectivity index (χ3n) is 4.60. The van der Waals surface area contributed by atoms with E-state index in [1.807, 2.05) is 0 Å². The van der Waals surface area contributed by atoms with Crippen LogP contribution in [0.25, 0.3) is 0 Å². The molecule has 1 aromatic carbocycles. The molecule has 0 aliphatic heterocycles. The van der Waals surface area contributed by atoms with Crippen molar-refractivity contribution in [1.82, 2.24) is 0 Å². The molecule has 9 heteroatoms. The van der Waals surface area contributed by atoms with Crippen LogP contribution in [0.3, 0.4) is 0 Å². The molecule has 2 amide bonds. The summed E-state index contributed by atoms with van der Waals surface area (Å²) < 4.78 is 9.85. The average Bonchev–Trinajstić information content (AvgIpc) is 3.52. The second-order valence-electron chi connectivity index (χ2n) is 6.74. The smallest absolute Gasteiger partial charge is 0.341 e. The summed E-state index contributed by atoms with van der Waals surface area (Å²) in [6.07, 6.45) is 1.62. The normalized spacial score (nSPS) is 12.8. The van der Waals surface area contributed by atoms with E-state index in [2.05, 4.69) is 10.6 Å². The Morgan fingerprint density at radius 2 is 1.80 bits per heavy atom. The fourth-order valence-electron chi connectivity index (χ4n) is 2.89. The lowest BCUT2D eigenvalue weighted by atomic mass is 10.1. The largest absolute Gasteiger partial charge is 0.465 e. The van der Waals surface area contributed by atoms with Crippen molar-refractivity contribution in [3.8, 4) is 0 Å². The molecule has 1 aliphatic rings. The van der Waals surface area contributed by atoms with Gasteiger partial charge in [0, 0.05) is 5.92 Å². The number of nitrogens with one attached hydrogen (secondary N) is 2. The van der Waals surface area contributed by atoms with Gasteiger partial charge in [0.05, 0.1) is 35.4 Å². The highest BCUT2D eigenvalue weighted by atomic mass is 32.1. The highest BCUT2D eigenvalue weighted by molar-refractivity contribution is 7.19. The molecule has 1 aliphatic carbocycles. The van der Waals surface area contributed by atoms with Gasteiger partial charge in [0.2, 0.25) is 5.91 Å². The van der Waals surface area contributed by atoms with Crippen molar-refractivity contribution in [1.29, 1.82) is 0 Å². The van der Waals surface area contributed by atoms with E-state index >= 15 is 0 Å². The van der Waals surface area contributed by atoms with Crippen molar-refractivity contribution >= 4 is 45.8 Å². The van der Waals surface area contributed by atoms with Crippen LogP contribution in [0.1, 0.15) is 55.7 Å². The van der Waals surface area contributed by atoms with E-state index in [0.29, 0.717) is 5.56 Å².